The summed E-state index contributed by atoms with van der Waals surface area (Å²) in [6.45, 7) is 2.89. The molecular formula is C13H17N3O. The van der Waals surface area contributed by atoms with Crippen LogP contribution in [0.15, 0.2) is 36.5 Å². The number of aromatic nitrogens is 2. The van der Waals surface area contributed by atoms with E-state index >= 15 is 0 Å². The molecule has 0 spiro atoms. The van der Waals surface area contributed by atoms with E-state index in [4.69, 9.17) is 5.73 Å². The Bertz CT molecular complexity index is 476. The molecule has 0 bridgehead atoms. The standard InChI is InChI=1S/C13H17N3O/c1-10-2-4-11(5-3-10)13(17)9-16-12(8-14)6-7-15-16/h2-7,13,17H,8-9,14H2,1H3. The molecular weight excluding hydrogens is 214 g/mol. The van der Waals surface area contributed by atoms with E-state index in [-0.39, 0.29) is 0 Å². The fourth-order valence-electron chi connectivity index (χ4n) is 1.76. The van der Waals surface area contributed by atoms with Gasteiger partial charge >= 0.3 is 0 Å². The van der Waals surface area contributed by atoms with E-state index in [1.54, 1.807) is 10.9 Å². The van der Waals surface area contributed by atoms with Crippen molar-refractivity contribution in [1.29, 1.82) is 0 Å². The SMILES string of the molecule is Cc1ccc(C(O)Cn2nccc2CN)cc1. The second-order valence-corrected chi connectivity index (χ2v) is 4.14. The van der Waals surface area contributed by atoms with Crippen LogP contribution in [-0.2, 0) is 13.1 Å². The first-order valence-electron chi connectivity index (χ1n) is 5.66. The largest absolute Gasteiger partial charge is 0.386 e. The van der Waals surface area contributed by atoms with Crippen LogP contribution in [0.3, 0.4) is 0 Å². The summed E-state index contributed by atoms with van der Waals surface area (Å²) in [5.41, 5.74) is 8.59. The predicted octanol–water partition coefficient (Wildman–Crippen LogP) is 1.38. The molecule has 1 heterocycles. The number of aliphatic hydroxyl groups is 1. The van der Waals surface area contributed by atoms with Gasteiger partial charge in [0.15, 0.2) is 0 Å². The second kappa shape index (κ2) is 5.12. The number of nitrogens with zero attached hydrogens (tertiary/aromatic N) is 2. The molecule has 0 saturated carbocycles. The first-order valence-corrected chi connectivity index (χ1v) is 5.66. The summed E-state index contributed by atoms with van der Waals surface area (Å²) in [5.74, 6) is 0. The molecule has 1 unspecified atom stereocenters. The maximum absolute atomic E-state index is 10.1. The van der Waals surface area contributed by atoms with Crippen LogP contribution < -0.4 is 5.73 Å². The van der Waals surface area contributed by atoms with E-state index < -0.39 is 6.10 Å². The summed E-state index contributed by atoms with van der Waals surface area (Å²) >= 11 is 0. The summed E-state index contributed by atoms with van der Waals surface area (Å²) in [7, 11) is 0. The van der Waals surface area contributed by atoms with Crippen molar-refractivity contribution in [2.45, 2.75) is 26.1 Å². The van der Waals surface area contributed by atoms with Gasteiger partial charge in [-0.15, -0.1) is 0 Å². The molecule has 4 nitrogen and oxygen atoms in total. The van der Waals surface area contributed by atoms with Crippen LogP contribution >= 0.6 is 0 Å². The van der Waals surface area contributed by atoms with Crippen LogP contribution in [0.5, 0.6) is 0 Å². The molecule has 0 aliphatic rings. The topological polar surface area (TPSA) is 64.1 Å². The van der Waals surface area contributed by atoms with Gasteiger partial charge in [0.1, 0.15) is 0 Å². The molecule has 1 aromatic heterocycles. The van der Waals surface area contributed by atoms with Gasteiger partial charge in [-0.2, -0.15) is 5.10 Å². The number of aryl methyl sites for hydroxylation is 1. The first-order chi connectivity index (χ1) is 8.20. The van der Waals surface area contributed by atoms with Gasteiger partial charge < -0.3 is 10.8 Å². The highest BCUT2D eigenvalue weighted by atomic mass is 16.3. The normalized spacial score (nSPS) is 12.6. The van der Waals surface area contributed by atoms with Crippen LogP contribution in [0.4, 0.5) is 0 Å². The fourth-order valence-corrected chi connectivity index (χ4v) is 1.76. The molecule has 0 fully saturated rings. The zero-order valence-corrected chi connectivity index (χ0v) is 9.87. The average molecular weight is 231 g/mol. The summed E-state index contributed by atoms with van der Waals surface area (Å²) in [6.07, 6.45) is 1.14. The minimum atomic E-state index is -0.555. The summed E-state index contributed by atoms with van der Waals surface area (Å²) in [6, 6.07) is 9.72. The molecule has 4 heteroatoms. The van der Waals surface area contributed by atoms with E-state index in [1.807, 2.05) is 37.3 Å². The Morgan fingerprint density at radius 3 is 2.65 bits per heavy atom. The Kier molecular flexibility index (Phi) is 3.56. The monoisotopic (exact) mass is 231 g/mol. The predicted molar refractivity (Wildman–Crippen MR) is 66.3 cm³/mol. The smallest absolute Gasteiger partial charge is 0.0986 e. The van der Waals surface area contributed by atoms with Crippen molar-refractivity contribution >= 4 is 0 Å². The van der Waals surface area contributed by atoms with Crippen LogP contribution in [0, 0.1) is 6.92 Å². The lowest BCUT2D eigenvalue weighted by Gasteiger charge is -2.13. The number of hydrogen-bond donors (Lipinski definition) is 2. The molecule has 0 aliphatic heterocycles. The van der Waals surface area contributed by atoms with Gasteiger partial charge in [0, 0.05) is 12.7 Å². The van der Waals surface area contributed by atoms with Crippen molar-refractivity contribution in [3.8, 4) is 0 Å². The molecule has 17 heavy (non-hydrogen) atoms. The van der Waals surface area contributed by atoms with Gasteiger partial charge in [-0.25, -0.2) is 0 Å². The Hall–Kier alpha value is -1.65. The number of rotatable bonds is 4. The lowest BCUT2D eigenvalue weighted by molar-refractivity contribution is 0.150. The molecule has 0 saturated heterocycles. The average Bonchev–Trinajstić information content (AvgIpc) is 2.77. The van der Waals surface area contributed by atoms with Crippen molar-refractivity contribution in [2.75, 3.05) is 0 Å². The quantitative estimate of drug-likeness (QED) is 0.835. The van der Waals surface area contributed by atoms with Crippen molar-refractivity contribution in [1.82, 2.24) is 9.78 Å². The molecule has 1 aromatic carbocycles. The molecule has 2 rings (SSSR count). The van der Waals surface area contributed by atoms with Gasteiger partial charge in [-0.3, -0.25) is 4.68 Å². The van der Waals surface area contributed by atoms with Crippen molar-refractivity contribution in [3.05, 3.63) is 53.3 Å². The third-order valence-electron chi connectivity index (χ3n) is 2.82. The van der Waals surface area contributed by atoms with Gasteiger partial charge in [-0.05, 0) is 18.6 Å². The summed E-state index contributed by atoms with van der Waals surface area (Å²) in [4.78, 5) is 0. The Morgan fingerprint density at radius 1 is 1.29 bits per heavy atom. The summed E-state index contributed by atoms with van der Waals surface area (Å²) < 4.78 is 1.74. The van der Waals surface area contributed by atoms with E-state index in [0.29, 0.717) is 13.1 Å². The maximum atomic E-state index is 10.1. The molecule has 3 N–H and O–H groups in total. The Morgan fingerprint density at radius 2 is 2.00 bits per heavy atom. The summed E-state index contributed by atoms with van der Waals surface area (Å²) in [5, 5.41) is 14.2. The molecule has 1 atom stereocenters. The third kappa shape index (κ3) is 2.72. The fraction of sp³-hybridized carbons (Fsp3) is 0.308. The van der Waals surface area contributed by atoms with E-state index in [0.717, 1.165) is 11.3 Å². The van der Waals surface area contributed by atoms with E-state index in [9.17, 15) is 5.11 Å². The number of benzene rings is 1. The van der Waals surface area contributed by atoms with Crippen molar-refractivity contribution < 1.29 is 5.11 Å². The van der Waals surface area contributed by atoms with Crippen molar-refractivity contribution in [3.63, 3.8) is 0 Å². The van der Waals surface area contributed by atoms with Crippen LogP contribution in [-0.4, -0.2) is 14.9 Å². The first kappa shape index (κ1) is 11.8. The highest BCUT2D eigenvalue weighted by Gasteiger charge is 2.10. The molecule has 90 valence electrons. The van der Waals surface area contributed by atoms with Gasteiger partial charge in [0.05, 0.1) is 18.3 Å². The highest BCUT2D eigenvalue weighted by molar-refractivity contribution is 5.23. The van der Waals surface area contributed by atoms with Crippen LogP contribution in [0.1, 0.15) is 22.9 Å². The van der Waals surface area contributed by atoms with E-state index in [1.165, 1.54) is 5.56 Å². The molecule has 0 radical (unpaired) electrons. The molecule has 2 aromatic rings. The van der Waals surface area contributed by atoms with Crippen molar-refractivity contribution in [2.24, 2.45) is 5.73 Å². The number of aliphatic hydroxyl groups excluding tert-OH is 1. The second-order valence-electron chi connectivity index (χ2n) is 4.14. The minimum Gasteiger partial charge on any atom is -0.386 e. The maximum Gasteiger partial charge on any atom is 0.0986 e. The third-order valence-corrected chi connectivity index (χ3v) is 2.82. The van der Waals surface area contributed by atoms with Gasteiger partial charge in [0.2, 0.25) is 0 Å². The van der Waals surface area contributed by atoms with Gasteiger partial charge in [-0.1, -0.05) is 29.8 Å². The lowest BCUT2D eigenvalue weighted by atomic mass is 10.1. The Labute approximate surface area is 101 Å². The van der Waals surface area contributed by atoms with Crippen LogP contribution in [0.2, 0.25) is 0 Å². The highest BCUT2D eigenvalue weighted by Crippen LogP contribution is 2.16. The number of nitrogens with two attached hydrogens (primary N) is 1. The van der Waals surface area contributed by atoms with Gasteiger partial charge in [0.25, 0.3) is 0 Å². The zero-order valence-electron chi connectivity index (χ0n) is 9.87. The van der Waals surface area contributed by atoms with E-state index in [2.05, 4.69) is 5.10 Å². The molecule has 0 aliphatic carbocycles. The minimum absolute atomic E-state index is 0.431. The lowest BCUT2D eigenvalue weighted by Crippen LogP contribution is -2.14. The molecule has 0 amide bonds. The Balaban J connectivity index is 2.11. The number of hydrogen-bond acceptors (Lipinski definition) is 3. The van der Waals surface area contributed by atoms with Crippen LogP contribution in [0.25, 0.3) is 0 Å². The zero-order chi connectivity index (χ0) is 12.3.